The van der Waals surface area contributed by atoms with Crippen LogP contribution in [0.4, 0.5) is 5.69 Å². The second kappa shape index (κ2) is 6.28. The molecule has 0 aliphatic carbocycles. The van der Waals surface area contributed by atoms with Crippen molar-refractivity contribution >= 4 is 23.4 Å². The number of nitrogens with zero attached hydrogens (tertiary/aromatic N) is 1. The molecule has 4 nitrogen and oxygen atoms in total. The minimum absolute atomic E-state index is 0.145. The van der Waals surface area contributed by atoms with Crippen molar-refractivity contribution in [2.45, 2.75) is 37.2 Å². The molecule has 3 rings (SSSR count). The Kier molecular flexibility index (Phi) is 4.40. The summed E-state index contributed by atoms with van der Waals surface area (Å²) in [6.45, 7) is 4.49. The molecule has 0 bridgehead atoms. The Bertz CT molecular complexity index is 534. The average Bonchev–Trinajstić information content (AvgIpc) is 2.89. The van der Waals surface area contributed by atoms with Gasteiger partial charge in [0.2, 0.25) is 5.91 Å². The standard InChI is InChI=1S/C16H23N3OS/c1-2-21-15-7-3-6-13(12(15)9-17)19-8-4-5-11-14(19)10-18-16(11)20/h3,6-7,11,14H,2,4-5,8-10,17H2,1H3,(H,18,20). The number of fused-ring (bicyclic) bond motifs is 1. The van der Waals surface area contributed by atoms with Gasteiger partial charge >= 0.3 is 0 Å². The summed E-state index contributed by atoms with van der Waals surface area (Å²) in [7, 11) is 0. The van der Waals surface area contributed by atoms with E-state index in [1.807, 2.05) is 11.8 Å². The van der Waals surface area contributed by atoms with Gasteiger partial charge in [-0.1, -0.05) is 13.0 Å². The molecule has 0 spiro atoms. The summed E-state index contributed by atoms with van der Waals surface area (Å²) in [4.78, 5) is 15.6. The van der Waals surface area contributed by atoms with Crippen molar-refractivity contribution < 1.29 is 4.79 Å². The fraction of sp³-hybridized carbons (Fsp3) is 0.562. The van der Waals surface area contributed by atoms with Gasteiger partial charge in [-0.3, -0.25) is 4.79 Å². The predicted molar refractivity (Wildman–Crippen MR) is 87.6 cm³/mol. The molecule has 0 saturated carbocycles. The first-order chi connectivity index (χ1) is 10.3. The van der Waals surface area contributed by atoms with Gasteiger partial charge in [0.1, 0.15) is 0 Å². The van der Waals surface area contributed by atoms with Crippen molar-refractivity contribution in [3.05, 3.63) is 23.8 Å². The molecule has 5 heteroatoms. The number of thioether (sulfide) groups is 1. The lowest BCUT2D eigenvalue weighted by Crippen LogP contribution is -2.46. The quantitative estimate of drug-likeness (QED) is 0.835. The second-order valence-electron chi connectivity index (χ2n) is 5.65. The van der Waals surface area contributed by atoms with E-state index in [4.69, 9.17) is 5.73 Å². The fourth-order valence-corrected chi connectivity index (χ4v) is 4.42. The molecule has 2 atom stereocenters. The normalized spacial score (nSPS) is 24.9. The molecule has 0 aromatic heterocycles. The molecule has 2 heterocycles. The van der Waals surface area contributed by atoms with Crippen LogP contribution in [0.2, 0.25) is 0 Å². The number of rotatable bonds is 4. The largest absolute Gasteiger partial charge is 0.366 e. The summed E-state index contributed by atoms with van der Waals surface area (Å²) in [5.74, 6) is 1.41. The van der Waals surface area contributed by atoms with E-state index < -0.39 is 0 Å². The summed E-state index contributed by atoms with van der Waals surface area (Å²) in [6.07, 6.45) is 2.08. The third-order valence-electron chi connectivity index (χ3n) is 4.52. The van der Waals surface area contributed by atoms with E-state index in [1.54, 1.807) is 0 Å². The van der Waals surface area contributed by atoms with Crippen molar-refractivity contribution in [1.82, 2.24) is 5.32 Å². The molecule has 114 valence electrons. The first-order valence-corrected chi connectivity index (χ1v) is 8.74. The molecule has 1 aromatic carbocycles. The van der Waals surface area contributed by atoms with E-state index in [0.717, 1.165) is 31.7 Å². The Balaban J connectivity index is 1.95. The number of piperidine rings is 1. The van der Waals surface area contributed by atoms with Gasteiger partial charge in [-0.2, -0.15) is 0 Å². The number of carbonyl (C=O) groups is 1. The van der Waals surface area contributed by atoms with Crippen molar-refractivity contribution in [2.75, 3.05) is 23.7 Å². The maximum absolute atomic E-state index is 11.9. The van der Waals surface area contributed by atoms with Crippen LogP contribution in [0.3, 0.4) is 0 Å². The van der Waals surface area contributed by atoms with Crippen LogP contribution >= 0.6 is 11.8 Å². The molecule has 2 aliphatic heterocycles. The summed E-state index contributed by atoms with van der Waals surface area (Å²) in [5, 5.41) is 3.02. The number of carbonyl (C=O) groups excluding carboxylic acids is 1. The summed E-state index contributed by atoms with van der Waals surface area (Å²) in [5.41, 5.74) is 8.48. The summed E-state index contributed by atoms with van der Waals surface area (Å²) >= 11 is 1.84. The van der Waals surface area contributed by atoms with Gasteiger partial charge in [0, 0.05) is 35.8 Å². The number of nitrogens with two attached hydrogens (primary N) is 1. The molecule has 1 amide bonds. The Morgan fingerprint density at radius 1 is 1.48 bits per heavy atom. The Hall–Kier alpha value is -1.20. The van der Waals surface area contributed by atoms with E-state index in [2.05, 4.69) is 35.3 Å². The lowest BCUT2D eigenvalue weighted by Gasteiger charge is -2.39. The van der Waals surface area contributed by atoms with Gasteiger partial charge in [0.25, 0.3) is 0 Å². The van der Waals surface area contributed by atoms with Gasteiger partial charge in [0.15, 0.2) is 0 Å². The third-order valence-corrected chi connectivity index (χ3v) is 5.51. The Morgan fingerprint density at radius 3 is 3.10 bits per heavy atom. The molecule has 2 saturated heterocycles. The number of benzene rings is 1. The highest BCUT2D eigenvalue weighted by Gasteiger charge is 2.41. The lowest BCUT2D eigenvalue weighted by atomic mass is 9.90. The van der Waals surface area contributed by atoms with Crippen LogP contribution < -0.4 is 16.0 Å². The van der Waals surface area contributed by atoms with Crippen molar-refractivity contribution in [3.8, 4) is 0 Å². The Morgan fingerprint density at radius 2 is 2.33 bits per heavy atom. The van der Waals surface area contributed by atoms with Crippen molar-refractivity contribution in [1.29, 1.82) is 0 Å². The van der Waals surface area contributed by atoms with Gasteiger partial charge in [-0.05, 0) is 30.7 Å². The highest BCUT2D eigenvalue weighted by Crippen LogP contribution is 2.36. The molecule has 1 aromatic rings. The zero-order valence-electron chi connectivity index (χ0n) is 12.5. The lowest BCUT2D eigenvalue weighted by molar-refractivity contribution is -0.122. The zero-order valence-corrected chi connectivity index (χ0v) is 13.3. The number of anilines is 1. The zero-order chi connectivity index (χ0) is 14.8. The van der Waals surface area contributed by atoms with Crippen LogP contribution in [0.5, 0.6) is 0 Å². The van der Waals surface area contributed by atoms with E-state index in [9.17, 15) is 4.79 Å². The maximum Gasteiger partial charge on any atom is 0.225 e. The molecule has 2 fully saturated rings. The van der Waals surface area contributed by atoms with E-state index in [-0.39, 0.29) is 11.8 Å². The van der Waals surface area contributed by atoms with Crippen LogP contribution in [-0.4, -0.2) is 30.8 Å². The van der Waals surface area contributed by atoms with E-state index >= 15 is 0 Å². The SMILES string of the molecule is CCSc1cccc(N2CCCC3C(=O)NCC32)c1CN. The van der Waals surface area contributed by atoms with Crippen LogP contribution in [0.1, 0.15) is 25.3 Å². The topological polar surface area (TPSA) is 58.4 Å². The van der Waals surface area contributed by atoms with Gasteiger partial charge in [-0.15, -0.1) is 11.8 Å². The molecular formula is C16H23N3OS. The molecule has 3 N–H and O–H groups in total. The smallest absolute Gasteiger partial charge is 0.225 e. The van der Waals surface area contributed by atoms with Gasteiger partial charge < -0.3 is 16.0 Å². The highest BCUT2D eigenvalue weighted by molar-refractivity contribution is 7.99. The average molecular weight is 305 g/mol. The molecule has 0 radical (unpaired) electrons. The number of amides is 1. The number of hydrogen-bond donors (Lipinski definition) is 2. The predicted octanol–water partition coefficient (Wildman–Crippen LogP) is 1.97. The monoisotopic (exact) mass is 305 g/mol. The fourth-order valence-electron chi connectivity index (χ4n) is 3.57. The van der Waals surface area contributed by atoms with Crippen molar-refractivity contribution in [2.24, 2.45) is 11.7 Å². The van der Waals surface area contributed by atoms with Gasteiger partial charge in [-0.25, -0.2) is 0 Å². The van der Waals surface area contributed by atoms with Crippen LogP contribution in [0.25, 0.3) is 0 Å². The minimum atomic E-state index is 0.145. The molecule has 21 heavy (non-hydrogen) atoms. The van der Waals surface area contributed by atoms with Crippen LogP contribution in [-0.2, 0) is 11.3 Å². The molecule has 2 aliphatic rings. The van der Waals surface area contributed by atoms with Gasteiger partial charge in [0.05, 0.1) is 12.0 Å². The first kappa shape index (κ1) is 14.7. The number of nitrogens with one attached hydrogen (secondary N) is 1. The first-order valence-electron chi connectivity index (χ1n) is 7.75. The summed E-state index contributed by atoms with van der Waals surface area (Å²) in [6, 6.07) is 6.71. The Labute approximate surface area is 130 Å². The summed E-state index contributed by atoms with van der Waals surface area (Å²) < 4.78 is 0. The number of hydrogen-bond acceptors (Lipinski definition) is 4. The van der Waals surface area contributed by atoms with Crippen molar-refractivity contribution in [3.63, 3.8) is 0 Å². The third kappa shape index (κ3) is 2.64. The minimum Gasteiger partial charge on any atom is -0.366 e. The van der Waals surface area contributed by atoms with E-state index in [0.29, 0.717) is 12.6 Å². The van der Waals surface area contributed by atoms with Crippen LogP contribution in [0.15, 0.2) is 23.1 Å². The van der Waals surface area contributed by atoms with E-state index in [1.165, 1.54) is 16.1 Å². The highest BCUT2D eigenvalue weighted by atomic mass is 32.2. The molecule has 2 unspecified atom stereocenters. The second-order valence-corrected chi connectivity index (χ2v) is 6.95. The maximum atomic E-state index is 11.9. The molecular weight excluding hydrogens is 282 g/mol. The van der Waals surface area contributed by atoms with Crippen LogP contribution in [0, 0.1) is 5.92 Å².